The van der Waals surface area contributed by atoms with Crippen LogP contribution in [-0.4, -0.2) is 35.3 Å². The van der Waals surface area contributed by atoms with E-state index in [1.807, 2.05) is 0 Å². The van der Waals surface area contributed by atoms with Crippen LogP contribution in [-0.2, 0) is 19.1 Å². The Bertz CT molecular complexity index is 335. The van der Waals surface area contributed by atoms with E-state index in [1.54, 1.807) is 20.8 Å². The minimum atomic E-state index is -0.637. The second kappa shape index (κ2) is 4.23. The minimum Gasteiger partial charge on any atom is -0.464 e. The van der Waals surface area contributed by atoms with Gasteiger partial charge in [0.2, 0.25) is 11.8 Å². The highest BCUT2D eigenvalue weighted by atomic mass is 16.5. The van der Waals surface area contributed by atoms with Gasteiger partial charge in [-0.25, -0.2) is 0 Å². The fourth-order valence-electron chi connectivity index (χ4n) is 1.74. The molecule has 1 heterocycles. The van der Waals surface area contributed by atoms with E-state index in [-0.39, 0.29) is 24.8 Å². The molecule has 1 saturated heterocycles. The van der Waals surface area contributed by atoms with Gasteiger partial charge in [0.1, 0.15) is 6.61 Å². The Hall–Kier alpha value is -1.39. The van der Waals surface area contributed by atoms with Crippen LogP contribution in [0.15, 0.2) is 0 Å². The van der Waals surface area contributed by atoms with Gasteiger partial charge in [-0.1, -0.05) is 13.8 Å². The number of rotatable bonds is 3. The summed E-state index contributed by atoms with van der Waals surface area (Å²) in [5, 5.41) is 0. The predicted molar refractivity (Wildman–Crippen MR) is 56.3 cm³/mol. The first-order chi connectivity index (χ1) is 7.25. The van der Waals surface area contributed by atoms with E-state index in [0.29, 0.717) is 0 Å². The molecule has 0 spiro atoms. The number of amides is 2. The number of nitrogens with zero attached hydrogens (tertiary/aromatic N) is 1. The van der Waals surface area contributed by atoms with Gasteiger partial charge in [0.15, 0.2) is 0 Å². The van der Waals surface area contributed by atoms with Crippen LogP contribution < -0.4 is 0 Å². The summed E-state index contributed by atoms with van der Waals surface area (Å²) in [7, 11) is 0. The minimum absolute atomic E-state index is 0.0584. The van der Waals surface area contributed by atoms with Crippen LogP contribution in [0.25, 0.3) is 0 Å². The number of carbonyl (C=O) groups is 3. The summed E-state index contributed by atoms with van der Waals surface area (Å²) in [6.45, 7) is 6.53. The fourth-order valence-corrected chi connectivity index (χ4v) is 1.74. The summed E-state index contributed by atoms with van der Waals surface area (Å²) in [6.07, 6.45) is 0.218. The van der Waals surface area contributed by atoms with Gasteiger partial charge in [-0.2, -0.15) is 0 Å². The molecule has 0 aromatic carbocycles. The Balaban J connectivity index is 2.70. The van der Waals surface area contributed by atoms with Gasteiger partial charge in [0, 0.05) is 13.3 Å². The maximum atomic E-state index is 11.9. The Morgan fingerprint density at radius 2 is 2.06 bits per heavy atom. The summed E-state index contributed by atoms with van der Waals surface area (Å²) >= 11 is 0. The van der Waals surface area contributed by atoms with Crippen LogP contribution in [0.2, 0.25) is 0 Å². The summed E-state index contributed by atoms with van der Waals surface area (Å²) in [5.74, 6) is -0.808. The molecule has 1 aliphatic rings. The first-order valence-corrected chi connectivity index (χ1v) is 5.25. The van der Waals surface area contributed by atoms with Crippen LogP contribution in [0.1, 0.15) is 34.1 Å². The number of hydrogen-bond donors (Lipinski definition) is 0. The van der Waals surface area contributed by atoms with Crippen LogP contribution in [0.5, 0.6) is 0 Å². The average molecular weight is 227 g/mol. The van der Waals surface area contributed by atoms with Crippen LogP contribution in [0.3, 0.4) is 0 Å². The van der Waals surface area contributed by atoms with Crippen LogP contribution in [0.4, 0.5) is 0 Å². The maximum Gasteiger partial charge on any atom is 0.302 e. The third-order valence-electron chi connectivity index (χ3n) is 2.63. The molecule has 2 amide bonds. The molecule has 1 atom stereocenters. The van der Waals surface area contributed by atoms with Gasteiger partial charge in [0.25, 0.3) is 0 Å². The van der Waals surface area contributed by atoms with E-state index < -0.39 is 17.4 Å². The molecule has 1 aliphatic heterocycles. The normalized spacial score (nSPS) is 21.1. The van der Waals surface area contributed by atoms with E-state index in [2.05, 4.69) is 0 Å². The largest absolute Gasteiger partial charge is 0.464 e. The first kappa shape index (κ1) is 12.7. The molecule has 1 rings (SSSR count). The molecule has 5 heteroatoms. The lowest BCUT2D eigenvalue weighted by atomic mass is 9.92. The van der Waals surface area contributed by atoms with E-state index in [4.69, 9.17) is 4.74 Å². The molecule has 16 heavy (non-hydrogen) atoms. The van der Waals surface area contributed by atoms with E-state index in [0.717, 1.165) is 0 Å². The molecule has 0 bridgehead atoms. The Kier molecular flexibility index (Phi) is 3.35. The van der Waals surface area contributed by atoms with Crippen molar-refractivity contribution in [1.29, 1.82) is 0 Å². The topological polar surface area (TPSA) is 63.7 Å². The zero-order valence-electron chi connectivity index (χ0n) is 10.1. The van der Waals surface area contributed by atoms with Crippen molar-refractivity contribution in [3.63, 3.8) is 0 Å². The molecule has 90 valence electrons. The maximum absolute atomic E-state index is 11.9. The smallest absolute Gasteiger partial charge is 0.302 e. The van der Waals surface area contributed by atoms with Gasteiger partial charge in [-0.3, -0.25) is 19.3 Å². The lowest BCUT2D eigenvalue weighted by Gasteiger charge is -2.23. The molecule has 0 saturated carbocycles. The number of carbonyl (C=O) groups excluding carboxylic acids is 3. The van der Waals surface area contributed by atoms with Crippen LogP contribution >= 0.6 is 0 Å². The van der Waals surface area contributed by atoms with Crippen molar-refractivity contribution < 1.29 is 19.1 Å². The predicted octanol–water partition coefficient (Wildman–Crippen LogP) is 0.723. The van der Waals surface area contributed by atoms with Gasteiger partial charge < -0.3 is 4.74 Å². The molecule has 1 unspecified atom stereocenters. The quantitative estimate of drug-likeness (QED) is 0.526. The molecule has 5 nitrogen and oxygen atoms in total. The zero-order chi connectivity index (χ0) is 12.5. The number of imide groups is 1. The van der Waals surface area contributed by atoms with Gasteiger partial charge in [-0.05, 0) is 6.92 Å². The summed E-state index contributed by atoms with van der Waals surface area (Å²) in [5.41, 5.74) is -0.637. The lowest BCUT2D eigenvalue weighted by molar-refractivity contribution is -0.150. The summed E-state index contributed by atoms with van der Waals surface area (Å²) < 4.78 is 4.80. The van der Waals surface area contributed by atoms with Gasteiger partial charge in [-0.15, -0.1) is 0 Å². The molecule has 0 radical (unpaired) electrons. The SMILES string of the molecule is CC(=O)OCC(C)N1C(=O)CC(C)(C)C1=O. The van der Waals surface area contributed by atoms with Crippen molar-refractivity contribution >= 4 is 17.8 Å². The third kappa shape index (κ3) is 2.40. The Morgan fingerprint density at radius 1 is 1.50 bits per heavy atom. The number of ether oxygens (including phenoxy) is 1. The zero-order valence-corrected chi connectivity index (χ0v) is 10.1. The highest BCUT2D eigenvalue weighted by Crippen LogP contribution is 2.32. The molecule has 0 aromatic heterocycles. The van der Waals surface area contributed by atoms with Gasteiger partial charge in [0.05, 0.1) is 11.5 Å². The fraction of sp³-hybridized carbons (Fsp3) is 0.727. The van der Waals surface area contributed by atoms with Crippen molar-refractivity contribution in [2.24, 2.45) is 5.41 Å². The molecule has 0 aliphatic carbocycles. The number of esters is 1. The first-order valence-electron chi connectivity index (χ1n) is 5.25. The van der Waals surface area contributed by atoms with Crippen molar-refractivity contribution in [3.8, 4) is 0 Å². The average Bonchev–Trinajstić information content (AvgIpc) is 2.32. The Morgan fingerprint density at radius 3 is 2.44 bits per heavy atom. The monoisotopic (exact) mass is 227 g/mol. The summed E-state index contributed by atoms with van der Waals surface area (Å²) in [6, 6.07) is -0.398. The standard InChI is InChI=1S/C11H17NO4/c1-7(6-16-8(2)13)12-9(14)5-11(3,4)10(12)15/h7H,5-6H2,1-4H3. The van der Waals surface area contributed by atoms with Crippen molar-refractivity contribution in [2.75, 3.05) is 6.61 Å². The van der Waals surface area contributed by atoms with Gasteiger partial charge >= 0.3 is 5.97 Å². The molecule has 0 aromatic rings. The number of likely N-dealkylation sites (tertiary alicyclic amines) is 1. The molecular formula is C11H17NO4. The molecule has 0 N–H and O–H groups in total. The highest BCUT2D eigenvalue weighted by molar-refractivity contribution is 6.05. The lowest BCUT2D eigenvalue weighted by Crippen LogP contribution is -2.42. The molecule has 1 fully saturated rings. The second-order valence-electron chi connectivity index (χ2n) is 4.78. The van der Waals surface area contributed by atoms with Crippen molar-refractivity contribution in [1.82, 2.24) is 4.90 Å². The summed E-state index contributed by atoms with van der Waals surface area (Å²) in [4.78, 5) is 35.4. The van der Waals surface area contributed by atoms with E-state index in [9.17, 15) is 14.4 Å². The van der Waals surface area contributed by atoms with Crippen molar-refractivity contribution in [3.05, 3.63) is 0 Å². The van der Waals surface area contributed by atoms with E-state index in [1.165, 1.54) is 11.8 Å². The highest BCUT2D eigenvalue weighted by Gasteiger charge is 2.46. The number of hydrogen-bond acceptors (Lipinski definition) is 4. The third-order valence-corrected chi connectivity index (χ3v) is 2.63. The van der Waals surface area contributed by atoms with Crippen molar-refractivity contribution in [2.45, 2.75) is 40.2 Å². The van der Waals surface area contributed by atoms with E-state index >= 15 is 0 Å². The molecular weight excluding hydrogens is 210 g/mol. The van der Waals surface area contributed by atoms with Crippen LogP contribution in [0, 0.1) is 5.41 Å². The second-order valence-corrected chi connectivity index (χ2v) is 4.78. The Labute approximate surface area is 94.7 Å².